The van der Waals surface area contributed by atoms with Gasteiger partial charge in [-0.2, -0.15) is 0 Å². The zero-order valence-electron chi connectivity index (χ0n) is 19.8. The lowest BCUT2D eigenvalue weighted by molar-refractivity contribution is -0.205. The van der Waals surface area contributed by atoms with E-state index < -0.39 is 16.0 Å². The highest BCUT2D eigenvalue weighted by Crippen LogP contribution is 2.86. The first-order valence-corrected chi connectivity index (χ1v) is 14.1. The second kappa shape index (κ2) is 7.35. The Balaban J connectivity index is 1.06. The Bertz CT molecular complexity index is 1460. The molecule has 2 unspecified atom stereocenters. The van der Waals surface area contributed by atoms with Gasteiger partial charge in [-0.15, -0.1) is 0 Å². The summed E-state index contributed by atoms with van der Waals surface area (Å²) >= 11 is 0. The highest BCUT2D eigenvalue weighted by Gasteiger charge is 2.81. The maximum atomic E-state index is 13.0. The second-order valence-corrected chi connectivity index (χ2v) is 12.8. The van der Waals surface area contributed by atoms with Crippen LogP contribution in [0.3, 0.4) is 0 Å². The van der Waals surface area contributed by atoms with Crippen LogP contribution in [0.15, 0.2) is 77.7 Å². The van der Waals surface area contributed by atoms with Crippen LogP contribution in [0.4, 0.5) is 17.1 Å². The van der Waals surface area contributed by atoms with E-state index in [9.17, 15) is 18.3 Å². The fourth-order valence-electron chi connectivity index (χ4n) is 8.41. The van der Waals surface area contributed by atoms with E-state index in [4.69, 9.17) is 0 Å². The van der Waals surface area contributed by atoms with Crippen molar-refractivity contribution >= 4 is 33.1 Å². The van der Waals surface area contributed by atoms with Gasteiger partial charge in [-0.05, 0) is 109 Å². The van der Waals surface area contributed by atoms with Crippen LogP contribution in [0.1, 0.15) is 48.0 Å². The van der Waals surface area contributed by atoms with Crippen molar-refractivity contribution in [1.29, 1.82) is 0 Å². The maximum absolute atomic E-state index is 13.0. The molecule has 3 aromatic rings. The fraction of sp³-hybridized carbons (Fsp3) is 0.345. The van der Waals surface area contributed by atoms with Gasteiger partial charge in [-0.25, -0.2) is 13.2 Å². The number of sulfonamides is 1. The number of carboxylic acids is 1. The molecule has 1 spiro atoms. The van der Waals surface area contributed by atoms with Crippen LogP contribution in [0.5, 0.6) is 0 Å². The van der Waals surface area contributed by atoms with E-state index in [0.29, 0.717) is 27.9 Å². The normalized spacial score (nSPS) is 31.2. The van der Waals surface area contributed by atoms with Gasteiger partial charge in [0.15, 0.2) is 0 Å². The van der Waals surface area contributed by atoms with Gasteiger partial charge in [0.25, 0.3) is 10.0 Å². The summed E-state index contributed by atoms with van der Waals surface area (Å²) in [5, 5.41) is 12.4. The minimum Gasteiger partial charge on any atom is -0.478 e. The molecule has 4 saturated carbocycles. The van der Waals surface area contributed by atoms with E-state index in [-0.39, 0.29) is 10.5 Å². The fourth-order valence-corrected chi connectivity index (χ4v) is 9.47. The van der Waals surface area contributed by atoms with Crippen molar-refractivity contribution in [3.63, 3.8) is 0 Å². The van der Waals surface area contributed by atoms with Gasteiger partial charge in [0, 0.05) is 16.8 Å². The predicted molar refractivity (Wildman–Crippen MR) is 138 cm³/mol. The maximum Gasteiger partial charge on any atom is 0.337 e. The number of aromatic carboxylic acids is 1. The summed E-state index contributed by atoms with van der Waals surface area (Å²) in [7, 11) is -3.75. The Hall–Kier alpha value is -3.32. The first kappa shape index (κ1) is 21.9. The summed E-state index contributed by atoms with van der Waals surface area (Å²) in [6.45, 7) is 0. The highest BCUT2D eigenvalue weighted by atomic mass is 32.2. The van der Waals surface area contributed by atoms with Gasteiger partial charge in [-0.1, -0.05) is 24.3 Å². The Morgan fingerprint density at radius 3 is 2.11 bits per heavy atom. The average Bonchev–Trinajstić information content (AvgIpc) is 3.38. The smallest absolute Gasteiger partial charge is 0.337 e. The second-order valence-electron chi connectivity index (χ2n) is 11.1. The third kappa shape index (κ3) is 2.89. The number of anilines is 3. The van der Waals surface area contributed by atoms with Crippen LogP contribution >= 0.6 is 0 Å². The molecule has 0 saturated heterocycles. The van der Waals surface area contributed by atoms with Gasteiger partial charge in [0.05, 0.1) is 16.1 Å². The summed E-state index contributed by atoms with van der Waals surface area (Å²) in [5.41, 5.74) is 4.04. The molecule has 2 atom stereocenters. The third-order valence-corrected chi connectivity index (χ3v) is 11.1. The lowest BCUT2D eigenvalue weighted by atomic mass is 9.29. The van der Waals surface area contributed by atoms with E-state index in [1.807, 2.05) is 12.1 Å². The lowest BCUT2D eigenvalue weighted by Crippen LogP contribution is -2.70. The number of carboxylic acid groups (broad SMARTS) is 1. The Labute approximate surface area is 210 Å². The van der Waals surface area contributed by atoms with Gasteiger partial charge >= 0.3 is 5.97 Å². The molecule has 3 aromatic carbocycles. The van der Waals surface area contributed by atoms with Crippen LogP contribution in [-0.2, 0) is 15.4 Å². The monoisotopic (exact) mass is 500 g/mol. The number of nitrogens with one attached hydrogen (secondary N) is 2. The highest BCUT2D eigenvalue weighted by molar-refractivity contribution is 7.92. The molecule has 3 N–H and O–H groups in total. The molecular formula is C29H28N2O4S. The predicted octanol–water partition coefficient (Wildman–Crippen LogP) is 6.01. The Kier molecular flexibility index (Phi) is 4.48. The number of fused-ring (bicyclic) bond motifs is 1. The molecular weight excluding hydrogens is 472 g/mol. The molecule has 36 heavy (non-hydrogen) atoms. The largest absolute Gasteiger partial charge is 0.478 e. The first-order chi connectivity index (χ1) is 17.3. The van der Waals surface area contributed by atoms with Crippen LogP contribution < -0.4 is 10.0 Å². The molecule has 7 heteroatoms. The summed E-state index contributed by atoms with van der Waals surface area (Å²) in [5.74, 6) is 1.76. The number of carbonyl (C=O) groups is 1. The number of hydrogen-bond donors (Lipinski definition) is 3. The number of hydrogen-bond acceptors (Lipinski definition) is 4. The molecule has 0 amide bonds. The Morgan fingerprint density at radius 2 is 1.47 bits per heavy atom. The summed E-state index contributed by atoms with van der Waals surface area (Å²) in [6, 6.07) is 21.0. The van der Waals surface area contributed by atoms with Crippen molar-refractivity contribution in [2.45, 2.75) is 42.4 Å². The summed E-state index contributed by atoms with van der Waals surface area (Å²) in [4.78, 5) is 11.6. The standard InChI is InChI=1S/C29H28N2O4S/c32-27(33)25-3-1-2-4-26(25)30-22-9-11-24(12-10-22)36(34,35)31-23-7-5-19(6-8-23)28-16-20-13-18-14-21(17-28)29(20,28)15-18/h1-12,18,20-21,30-31H,13-17H2,(H,32,33). The zero-order chi connectivity index (χ0) is 24.7. The van der Waals surface area contributed by atoms with Gasteiger partial charge < -0.3 is 10.4 Å². The minimum absolute atomic E-state index is 0.146. The van der Waals surface area contributed by atoms with E-state index >= 15 is 0 Å². The van der Waals surface area contributed by atoms with Crippen LogP contribution in [0.25, 0.3) is 0 Å². The lowest BCUT2D eigenvalue weighted by Gasteiger charge is -2.75. The van der Waals surface area contributed by atoms with Crippen molar-refractivity contribution in [2.24, 2.45) is 23.2 Å². The van der Waals surface area contributed by atoms with Crippen molar-refractivity contribution in [2.75, 3.05) is 10.0 Å². The molecule has 0 radical (unpaired) electrons. The van der Waals surface area contributed by atoms with Crippen molar-refractivity contribution < 1.29 is 18.3 Å². The van der Waals surface area contributed by atoms with E-state index in [1.54, 1.807) is 30.3 Å². The molecule has 0 aromatic heterocycles. The molecule has 4 aliphatic rings. The molecule has 0 aliphatic heterocycles. The zero-order valence-corrected chi connectivity index (χ0v) is 20.6. The van der Waals surface area contributed by atoms with E-state index in [2.05, 4.69) is 22.2 Å². The number of para-hydroxylation sites is 1. The summed E-state index contributed by atoms with van der Waals surface area (Å²) < 4.78 is 28.7. The molecule has 184 valence electrons. The minimum atomic E-state index is -3.75. The van der Waals surface area contributed by atoms with Gasteiger partial charge in [-0.3, -0.25) is 4.72 Å². The van der Waals surface area contributed by atoms with Crippen LogP contribution in [0, 0.1) is 23.2 Å². The molecule has 2 bridgehead atoms. The van der Waals surface area contributed by atoms with Crippen molar-refractivity contribution in [3.8, 4) is 0 Å². The number of benzene rings is 3. The average molecular weight is 501 g/mol. The third-order valence-electron chi connectivity index (χ3n) is 9.69. The van der Waals surface area contributed by atoms with Crippen LogP contribution in [-0.4, -0.2) is 19.5 Å². The molecule has 4 aliphatic carbocycles. The van der Waals surface area contributed by atoms with E-state index in [1.165, 1.54) is 55.9 Å². The molecule has 0 heterocycles. The molecule has 4 fully saturated rings. The summed E-state index contributed by atoms with van der Waals surface area (Å²) in [6.07, 6.45) is 6.88. The van der Waals surface area contributed by atoms with Crippen LogP contribution in [0.2, 0.25) is 0 Å². The van der Waals surface area contributed by atoms with Crippen molar-refractivity contribution in [3.05, 3.63) is 83.9 Å². The topological polar surface area (TPSA) is 95.5 Å². The molecule has 6 nitrogen and oxygen atoms in total. The van der Waals surface area contributed by atoms with Gasteiger partial charge in [0.1, 0.15) is 0 Å². The molecule has 7 rings (SSSR count). The Morgan fingerprint density at radius 1 is 0.833 bits per heavy atom. The van der Waals surface area contributed by atoms with Crippen molar-refractivity contribution in [1.82, 2.24) is 0 Å². The SMILES string of the molecule is O=C(O)c1ccccc1Nc1ccc(S(=O)(=O)Nc2ccc(C34CC5CC6CC(C3)C54C6)cc2)cc1. The van der Waals surface area contributed by atoms with Gasteiger partial charge in [0.2, 0.25) is 0 Å². The van der Waals surface area contributed by atoms with E-state index in [0.717, 1.165) is 17.8 Å². The quantitative estimate of drug-likeness (QED) is 0.369. The number of rotatable bonds is 7. The first-order valence-electron chi connectivity index (χ1n) is 12.6.